The highest BCUT2D eigenvalue weighted by atomic mass is 35.5. The van der Waals surface area contributed by atoms with Gasteiger partial charge in [0.05, 0.1) is 23.8 Å². The third-order valence-electron chi connectivity index (χ3n) is 6.73. The Labute approximate surface area is 238 Å². The van der Waals surface area contributed by atoms with Gasteiger partial charge in [-0.1, -0.05) is 48.5 Å². The van der Waals surface area contributed by atoms with E-state index in [1.165, 1.54) is 6.07 Å². The van der Waals surface area contributed by atoms with Gasteiger partial charge in [0.25, 0.3) is 11.8 Å². The van der Waals surface area contributed by atoms with Gasteiger partial charge in [0.2, 0.25) is 0 Å². The lowest BCUT2D eigenvalue weighted by molar-refractivity contribution is -0.149. The van der Waals surface area contributed by atoms with Crippen LogP contribution in [0.25, 0.3) is 6.08 Å². The fourth-order valence-electron chi connectivity index (χ4n) is 4.47. The molecular weight excluding hydrogens is 528 g/mol. The van der Waals surface area contributed by atoms with Crippen molar-refractivity contribution in [3.05, 3.63) is 101 Å². The van der Waals surface area contributed by atoms with Crippen molar-refractivity contribution < 1.29 is 19.1 Å². The standard InChI is InChI=1S/C31H31ClN4O4/c1-3-20-5-12-25(13-6-20)34-30(38)26-19-24(32)11-14-27(26)35-29(37)22-9-7-21(8-10-22)28(33)36-17-15-23(16-18-36)31(39)40-4-2/h3,5-14,19,23,33H,1,4,15-18H2,2H3,(H,34,38)(H,35,37). The molecule has 9 heteroatoms. The highest BCUT2D eigenvalue weighted by Crippen LogP contribution is 2.24. The molecule has 206 valence electrons. The van der Waals surface area contributed by atoms with Gasteiger partial charge in [0.15, 0.2) is 0 Å². The Hall–Kier alpha value is -4.43. The van der Waals surface area contributed by atoms with Crippen LogP contribution in [-0.2, 0) is 9.53 Å². The Morgan fingerprint density at radius 2 is 1.62 bits per heavy atom. The second-order valence-corrected chi connectivity index (χ2v) is 9.80. The summed E-state index contributed by atoms with van der Waals surface area (Å²) < 4.78 is 5.12. The van der Waals surface area contributed by atoms with Crippen molar-refractivity contribution in [1.29, 1.82) is 5.41 Å². The van der Waals surface area contributed by atoms with E-state index in [-0.39, 0.29) is 17.5 Å². The number of amides is 2. The largest absolute Gasteiger partial charge is 0.466 e. The van der Waals surface area contributed by atoms with Gasteiger partial charge in [-0.25, -0.2) is 0 Å². The number of ether oxygens (including phenoxy) is 1. The second kappa shape index (κ2) is 13.1. The first-order valence-electron chi connectivity index (χ1n) is 13.0. The number of piperidine rings is 1. The molecule has 4 rings (SSSR count). The third kappa shape index (κ3) is 6.95. The summed E-state index contributed by atoms with van der Waals surface area (Å²) in [7, 11) is 0. The molecule has 0 saturated carbocycles. The summed E-state index contributed by atoms with van der Waals surface area (Å²) in [5.74, 6) is -0.785. The van der Waals surface area contributed by atoms with Crippen molar-refractivity contribution in [2.24, 2.45) is 5.92 Å². The Bertz CT molecular complexity index is 1410. The molecule has 1 saturated heterocycles. The SMILES string of the molecule is C=Cc1ccc(NC(=O)c2cc(Cl)ccc2NC(=O)c2ccc(C(=N)N3CCC(C(=O)OCC)CC3)cc2)cc1. The van der Waals surface area contributed by atoms with E-state index in [1.807, 2.05) is 17.0 Å². The van der Waals surface area contributed by atoms with Crippen LogP contribution in [0.15, 0.2) is 73.3 Å². The molecule has 2 amide bonds. The smallest absolute Gasteiger partial charge is 0.309 e. The lowest BCUT2D eigenvalue weighted by Gasteiger charge is -2.32. The third-order valence-corrected chi connectivity index (χ3v) is 6.97. The number of halogens is 1. The second-order valence-electron chi connectivity index (χ2n) is 9.36. The van der Waals surface area contributed by atoms with Crippen molar-refractivity contribution in [2.45, 2.75) is 19.8 Å². The van der Waals surface area contributed by atoms with Gasteiger partial charge in [-0.3, -0.25) is 19.8 Å². The summed E-state index contributed by atoms with van der Waals surface area (Å²) in [6.45, 7) is 7.06. The maximum Gasteiger partial charge on any atom is 0.309 e. The van der Waals surface area contributed by atoms with Crippen LogP contribution in [0.4, 0.5) is 11.4 Å². The predicted octanol–water partition coefficient (Wildman–Crippen LogP) is 6.09. The quantitative estimate of drug-likeness (QED) is 0.176. The number of rotatable bonds is 8. The molecule has 0 unspecified atom stereocenters. The van der Waals surface area contributed by atoms with E-state index in [2.05, 4.69) is 17.2 Å². The maximum absolute atomic E-state index is 13.0. The molecular formula is C31H31ClN4O4. The summed E-state index contributed by atoms with van der Waals surface area (Å²) in [5.41, 5.74) is 3.10. The summed E-state index contributed by atoms with van der Waals surface area (Å²) in [4.78, 5) is 40.0. The van der Waals surface area contributed by atoms with Gasteiger partial charge in [0, 0.05) is 34.9 Å². The molecule has 1 fully saturated rings. The van der Waals surface area contributed by atoms with Crippen molar-refractivity contribution in [3.63, 3.8) is 0 Å². The monoisotopic (exact) mass is 558 g/mol. The summed E-state index contributed by atoms with van der Waals surface area (Å²) in [5, 5.41) is 14.6. The van der Waals surface area contributed by atoms with E-state index in [1.54, 1.807) is 61.5 Å². The van der Waals surface area contributed by atoms with E-state index in [0.29, 0.717) is 65.9 Å². The number of hydrogen-bond acceptors (Lipinski definition) is 5. The van der Waals surface area contributed by atoms with Crippen molar-refractivity contribution in [3.8, 4) is 0 Å². The Balaban J connectivity index is 1.40. The number of esters is 1. The Morgan fingerprint density at radius 1 is 0.975 bits per heavy atom. The summed E-state index contributed by atoms with van der Waals surface area (Å²) in [6.07, 6.45) is 2.99. The van der Waals surface area contributed by atoms with Crippen LogP contribution in [0.1, 0.15) is 51.6 Å². The maximum atomic E-state index is 13.0. The van der Waals surface area contributed by atoms with Crippen LogP contribution in [0.5, 0.6) is 0 Å². The molecule has 1 heterocycles. The molecule has 3 aromatic rings. The first kappa shape index (κ1) is 28.6. The van der Waals surface area contributed by atoms with Gasteiger partial charge >= 0.3 is 5.97 Å². The Kier molecular flexibility index (Phi) is 9.35. The van der Waals surface area contributed by atoms with E-state index in [9.17, 15) is 14.4 Å². The zero-order valence-corrected chi connectivity index (χ0v) is 23.0. The van der Waals surface area contributed by atoms with Crippen molar-refractivity contribution >= 4 is 52.7 Å². The molecule has 3 aromatic carbocycles. The van der Waals surface area contributed by atoms with Gasteiger partial charge in [-0.15, -0.1) is 0 Å². The fourth-order valence-corrected chi connectivity index (χ4v) is 4.64. The minimum Gasteiger partial charge on any atom is -0.466 e. The molecule has 0 radical (unpaired) electrons. The normalized spacial score (nSPS) is 13.3. The van der Waals surface area contributed by atoms with E-state index >= 15 is 0 Å². The summed E-state index contributed by atoms with van der Waals surface area (Å²) >= 11 is 6.15. The average Bonchev–Trinajstić information content (AvgIpc) is 2.98. The number of nitrogens with one attached hydrogen (secondary N) is 3. The lowest BCUT2D eigenvalue weighted by Crippen LogP contribution is -2.40. The number of carbonyl (C=O) groups excluding carboxylic acids is 3. The molecule has 40 heavy (non-hydrogen) atoms. The number of amidine groups is 1. The lowest BCUT2D eigenvalue weighted by atomic mass is 9.96. The molecule has 3 N–H and O–H groups in total. The number of nitrogens with zero attached hydrogens (tertiary/aromatic N) is 1. The van der Waals surface area contributed by atoms with Crippen LogP contribution in [0.2, 0.25) is 5.02 Å². The highest BCUT2D eigenvalue weighted by Gasteiger charge is 2.27. The zero-order chi connectivity index (χ0) is 28.6. The predicted molar refractivity (Wildman–Crippen MR) is 158 cm³/mol. The number of anilines is 2. The molecule has 0 spiro atoms. The van der Waals surface area contributed by atoms with E-state index < -0.39 is 11.8 Å². The fraction of sp³-hybridized carbons (Fsp3) is 0.226. The minimum atomic E-state index is -0.417. The van der Waals surface area contributed by atoms with E-state index in [0.717, 1.165) is 5.56 Å². The number of likely N-dealkylation sites (tertiary alicyclic amines) is 1. The highest BCUT2D eigenvalue weighted by molar-refractivity contribution is 6.31. The first-order valence-corrected chi connectivity index (χ1v) is 13.4. The average molecular weight is 559 g/mol. The molecule has 1 aliphatic rings. The van der Waals surface area contributed by atoms with Gasteiger partial charge in [-0.05, 0) is 67.8 Å². The van der Waals surface area contributed by atoms with Crippen molar-refractivity contribution in [1.82, 2.24) is 4.90 Å². The van der Waals surface area contributed by atoms with Crippen LogP contribution in [0, 0.1) is 11.3 Å². The van der Waals surface area contributed by atoms with Crippen molar-refractivity contribution in [2.75, 3.05) is 30.3 Å². The van der Waals surface area contributed by atoms with Crippen LogP contribution >= 0.6 is 11.6 Å². The summed E-state index contributed by atoms with van der Waals surface area (Å²) in [6, 6.07) is 18.6. The van der Waals surface area contributed by atoms with Gasteiger partial charge in [0.1, 0.15) is 5.84 Å². The van der Waals surface area contributed by atoms with Gasteiger partial charge in [-0.2, -0.15) is 0 Å². The molecule has 0 atom stereocenters. The number of hydrogen-bond donors (Lipinski definition) is 3. The number of benzene rings is 3. The van der Waals surface area contributed by atoms with Crippen LogP contribution < -0.4 is 10.6 Å². The minimum absolute atomic E-state index is 0.132. The molecule has 0 bridgehead atoms. The number of carbonyl (C=O) groups is 3. The van der Waals surface area contributed by atoms with Gasteiger partial charge < -0.3 is 20.3 Å². The zero-order valence-electron chi connectivity index (χ0n) is 22.2. The van der Waals surface area contributed by atoms with Crippen LogP contribution in [0.3, 0.4) is 0 Å². The molecule has 0 aromatic heterocycles. The van der Waals surface area contributed by atoms with E-state index in [4.69, 9.17) is 21.7 Å². The molecule has 8 nitrogen and oxygen atoms in total. The molecule has 1 aliphatic heterocycles. The van der Waals surface area contributed by atoms with Crippen LogP contribution in [-0.4, -0.2) is 48.2 Å². The first-order chi connectivity index (χ1) is 19.3. The Morgan fingerprint density at radius 3 is 2.25 bits per heavy atom. The topological polar surface area (TPSA) is 112 Å². The molecule has 0 aliphatic carbocycles.